The number of hydrogen-bond acceptors (Lipinski definition) is 1. The molecule has 0 fully saturated rings. The molecule has 1 heterocycles. The van der Waals surface area contributed by atoms with Gasteiger partial charge < -0.3 is 4.90 Å². The van der Waals surface area contributed by atoms with Gasteiger partial charge in [-0.25, -0.2) is 0 Å². The lowest BCUT2D eigenvalue weighted by Crippen LogP contribution is -2.42. The van der Waals surface area contributed by atoms with Crippen molar-refractivity contribution >= 4 is 6.41 Å². The summed E-state index contributed by atoms with van der Waals surface area (Å²) in [6, 6.07) is 8.53. The molecule has 1 aliphatic carbocycles. The highest BCUT2D eigenvalue weighted by Gasteiger charge is 2.42. The van der Waals surface area contributed by atoms with E-state index in [0.29, 0.717) is 0 Å². The molecular formula is C14H15NO. The zero-order chi connectivity index (χ0) is 11.0. The number of allylic oxidation sites excluding steroid dienone is 1. The maximum Gasteiger partial charge on any atom is 0.214 e. The Morgan fingerprint density at radius 1 is 1.25 bits per heavy atom. The van der Waals surface area contributed by atoms with Crippen LogP contribution in [0.3, 0.4) is 0 Å². The van der Waals surface area contributed by atoms with Crippen molar-refractivity contribution in [3.05, 3.63) is 47.7 Å². The fraction of sp³-hybridized carbons (Fsp3) is 0.357. The first kappa shape index (κ1) is 9.64. The summed E-state index contributed by atoms with van der Waals surface area (Å²) in [6.07, 6.45) is 9.28. The van der Waals surface area contributed by atoms with Crippen LogP contribution in [0, 0.1) is 0 Å². The molecule has 1 spiro atoms. The Labute approximate surface area is 95.6 Å². The molecule has 0 radical (unpaired) electrons. The van der Waals surface area contributed by atoms with Crippen LogP contribution in [0.1, 0.15) is 30.4 Å². The van der Waals surface area contributed by atoms with Gasteiger partial charge >= 0.3 is 0 Å². The molecule has 1 unspecified atom stereocenters. The topological polar surface area (TPSA) is 20.3 Å². The van der Waals surface area contributed by atoms with Gasteiger partial charge in [-0.3, -0.25) is 4.79 Å². The summed E-state index contributed by atoms with van der Waals surface area (Å²) in [4.78, 5) is 13.1. The number of benzene rings is 1. The lowest BCUT2D eigenvalue weighted by molar-refractivity contribution is -0.121. The van der Waals surface area contributed by atoms with Crippen LogP contribution in [0.25, 0.3) is 0 Å². The van der Waals surface area contributed by atoms with Crippen LogP contribution >= 0.6 is 0 Å². The number of carbonyl (C=O) groups excluding carboxylic acids is 1. The molecule has 0 bridgehead atoms. The third-order valence-electron chi connectivity index (χ3n) is 3.93. The Kier molecular flexibility index (Phi) is 2.10. The molecular weight excluding hydrogens is 198 g/mol. The largest absolute Gasteiger partial charge is 0.312 e. The van der Waals surface area contributed by atoms with Gasteiger partial charge in [0.2, 0.25) is 6.41 Å². The van der Waals surface area contributed by atoms with Crippen molar-refractivity contribution in [3.8, 4) is 0 Å². The number of aryl methyl sites for hydroxylation is 1. The van der Waals surface area contributed by atoms with Crippen LogP contribution in [0.2, 0.25) is 0 Å². The normalized spacial score (nSPS) is 27.1. The molecule has 0 saturated heterocycles. The Balaban J connectivity index is 2.13. The number of amides is 1. The maximum atomic E-state index is 11.2. The van der Waals surface area contributed by atoms with Gasteiger partial charge in [0.05, 0.1) is 5.54 Å². The molecule has 16 heavy (non-hydrogen) atoms. The molecule has 3 rings (SSSR count). The lowest BCUT2D eigenvalue weighted by Gasteiger charge is -2.40. The van der Waals surface area contributed by atoms with Gasteiger partial charge in [0, 0.05) is 6.20 Å². The number of carbonyl (C=O) groups is 1. The van der Waals surface area contributed by atoms with E-state index in [4.69, 9.17) is 0 Å². The number of hydrogen-bond donors (Lipinski definition) is 0. The van der Waals surface area contributed by atoms with Crippen LogP contribution in [0.4, 0.5) is 0 Å². The van der Waals surface area contributed by atoms with Crippen molar-refractivity contribution in [2.75, 3.05) is 0 Å². The molecule has 0 aromatic heterocycles. The van der Waals surface area contributed by atoms with Crippen molar-refractivity contribution in [2.24, 2.45) is 0 Å². The molecule has 2 aliphatic rings. The first-order chi connectivity index (χ1) is 7.87. The molecule has 1 amide bonds. The second-order valence-corrected chi connectivity index (χ2v) is 4.62. The summed E-state index contributed by atoms with van der Waals surface area (Å²) >= 11 is 0. The number of nitrogens with zero attached hydrogens (tertiary/aromatic N) is 1. The summed E-state index contributed by atoms with van der Waals surface area (Å²) in [5.74, 6) is 0. The van der Waals surface area contributed by atoms with Crippen molar-refractivity contribution in [1.29, 1.82) is 0 Å². The average molecular weight is 213 g/mol. The van der Waals surface area contributed by atoms with Gasteiger partial charge in [0.25, 0.3) is 0 Å². The van der Waals surface area contributed by atoms with E-state index >= 15 is 0 Å². The highest BCUT2D eigenvalue weighted by Crippen LogP contribution is 2.46. The van der Waals surface area contributed by atoms with E-state index < -0.39 is 0 Å². The van der Waals surface area contributed by atoms with Crippen molar-refractivity contribution in [3.63, 3.8) is 0 Å². The highest BCUT2D eigenvalue weighted by molar-refractivity contribution is 5.55. The van der Waals surface area contributed by atoms with E-state index in [9.17, 15) is 4.79 Å². The highest BCUT2D eigenvalue weighted by atomic mass is 16.1. The molecule has 2 heteroatoms. The van der Waals surface area contributed by atoms with Crippen molar-refractivity contribution in [1.82, 2.24) is 4.90 Å². The van der Waals surface area contributed by atoms with Gasteiger partial charge in [-0.05, 0) is 36.8 Å². The Hall–Kier alpha value is -1.57. The second kappa shape index (κ2) is 3.48. The summed E-state index contributed by atoms with van der Waals surface area (Å²) < 4.78 is 0. The first-order valence-electron chi connectivity index (χ1n) is 5.86. The van der Waals surface area contributed by atoms with Crippen LogP contribution in [0.5, 0.6) is 0 Å². The fourth-order valence-corrected chi connectivity index (χ4v) is 3.11. The van der Waals surface area contributed by atoms with Gasteiger partial charge in [0.1, 0.15) is 0 Å². The van der Waals surface area contributed by atoms with E-state index in [1.54, 1.807) is 0 Å². The maximum absolute atomic E-state index is 11.2. The van der Waals surface area contributed by atoms with Crippen LogP contribution in [-0.4, -0.2) is 11.3 Å². The minimum atomic E-state index is -0.0485. The second-order valence-electron chi connectivity index (χ2n) is 4.62. The molecule has 1 aromatic carbocycles. The average Bonchev–Trinajstić information content (AvgIpc) is 2.71. The standard InChI is InChI=1S/C14H15NO/c16-11-15-10-4-3-8-14(15)9-7-12-5-1-2-6-13(12)14/h1-2,4-6,10-11H,3,7-9H2. The van der Waals surface area contributed by atoms with E-state index in [0.717, 1.165) is 32.1 Å². The van der Waals surface area contributed by atoms with Crippen LogP contribution in [0.15, 0.2) is 36.5 Å². The summed E-state index contributed by atoms with van der Waals surface area (Å²) in [7, 11) is 0. The molecule has 1 atom stereocenters. The van der Waals surface area contributed by atoms with E-state index in [1.165, 1.54) is 11.1 Å². The summed E-state index contributed by atoms with van der Waals surface area (Å²) in [5, 5.41) is 0. The van der Waals surface area contributed by atoms with E-state index in [2.05, 4.69) is 30.3 Å². The third-order valence-corrected chi connectivity index (χ3v) is 3.93. The van der Waals surface area contributed by atoms with Crippen molar-refractivity contribution in [2.45, 2.75) is 31.2 Å². The predicted molar refractivity (Wildman–Crippen MR) is 62.7 cm³/mol. The van der Waals surface area contributed by atoms with Crippen LogP contribution < -0.4 is 0 Å². The Bertz CT molecular complexity index is 452. The van der Waals surface area contributed by atoms with Crippen molar-refractivity contribution < 1.29 is 4.79 Å². The number of fused-ring (bicyclic) bond motifs is 2. The molecule has 0 saturated carbocycles. The minimum Gasteiger partial charge on any atom is -0.312 e. The zero-order valence-corrected chi connectivity index (χ0v) is 9.23. The zero-order valence-electron chi connectivity index (χ0n) is 9.23. The first-order valence-corrected chi connectivity index (χ1v) is 5.86. The SMILES string of the molecule is O=CN1C=CCCC12CCc1ccccc12. The summed E-state index contributed by atoms with van der Waals surface area (Å²) in [6.45, 7) is 0. The van der Waals surface area contributed by atoms with E-state index in [-0.39, 0.29) is 5.54 Å². The van der Waals surface area contributed by atoms with Gasteiger partial charge in [-0.1, -0.05) is 30.3 Å². The molecule has 82 valence electrons. The predicted octanol–water partition coefficient (Wildman–Crippen LogP) is 2.59. The van der Waals surface area contributed by atoms with Gasteiger partial charge in [-0.15, -0.1) is 0 Å². The molecule has 1 aliphatic heterocycles. The fourth-order valence-electron chi connectivity index (χ4n) is 3.11. The molecule has 1 aromatic rings. The Morgan fingerprint density at radius 2 is 2.12 bits per heavy atom. The smallest absolute Gasteiger partial charge is 0.214 e. The quantitative estimate of drug-likeness (QED) is 0.657. The Morgan fingerprint density at radius 3 is 3.00 bits per heavy atom. The molecule has 0 N–H and O–H groups in total. The number of rotatable bonds is 1. The minimum absolute atomic E-state index is 0.0485. The van der Waals surface area contributed by atoms with Crippen LogP contribution in [-0.2, 0) is 16.8 Å². The third kappa shape index (κ3) is 1.16. The van der Waals surface area contributed by atoms with E-state index in [1.807, 2.05) is 11.1 Å². The lowest BCUT2D eigenvalue weighted by atomic mass is 9.84. The summed E-state index contributed by atoms with van der Waals surface area (Å²) in [5.41, 5.74) is 2.71. The monoisotopic (exact) mass is 213 g/mol. The van der Waals surface area contributed by atoms with Gasteiger partial charge in [0.15, 0.2) is 0 Å². The van der Waals surface area contributed by atoms with Gasteiger partial charge in [-0.2, -0.15) is 0 Å². The molecule has 2 nitrogen and oxygen atoms in total.